The Bertz CT molecular complexity index is 521. The summed E-state index contributed by atoms with van der Waals surface area (Å²) in [6, 6.07) is 0. The minimum Gasteiger partial charge on any atom is -0.356 e. The molecule has 1 aromatic heterocycles. The molecule has 0 aliphatic carbocycles. The van der Waals surface area contributed by atoms with E-state index in [1.807, 2.05) is 18.8 Å². The molecule has 1 aliphatic heterocycles. The van der Waals surface area contributed by atoms with Gasteiger partial charge in [-0.1, -0.05) is 13.8 Å². The number of aliphatic imine (C=N–C) groups is 1. The van der Waals surface area contributed by atoms with Crippen molar-refractivity contribution >= 4 is 5.96 Å². The third-order valence-electron chi connectivity index (χ3n) is 4.70. The first-order chi connectivity index (χ1) is 10.4. The summed E-state index contributed by atoms with van der Waals surface area (Å²) >= 11 is 0. The Labute approximate surface area is 134 Å². The first-order valence-electron chi connectivity index (χ1n) is 8.37. The molecule has 0 saturated carbocycles. The molecule has 1 fully saturated rings. The molecular formula is C17H31N5. The van der Waals surface area contributed by atoms with Gasteiger partial charge in [0.15, 0.2) is 5.96 Å². The second kappa shape index (κ2) is 7.16. The lowest BCUT2D eigenvalue weighted by Gasteiger charge is -2.37. The van der Waals surface area contributed by atoms with E-state index in [4.69, 9.17) is 0 Å². The molecule has 0 amide bonds. The lowest BCUT2D eigenvalue weighted by atomic mass is 9.92. The highest BCUT2D eigenvalue weighted by atomic mass is 15.3. The predicted octanol–water partition coefficient (Wildman–Crippen LogP) is 2.13. The molecule has 2 rings (SSSR count). The third kappa shape index (κ3) is 3.81. The molecule has 0 radical (unpaired) electrons. The topological polar surface area (TPSA) is 45.5 Å². The van der Waals surface area contributed by atoms with Crippen LogP contribution in [0.5, 0.6) is 0 Å². The molecule has 1 saturated heterocycles. The number of aromatic nitrogens is 2. The molecule has 5 nitrogen and oxygen atoms in total. The molecule has 0 spiro atoms. The van der Waals surface area contributed by atoms with Gasteiger partial charge in [0.2, 0.25) is 0 Å². The number of guanidine groups is 1. The van der Waals surface area contributed by atoms with Crippen LogP contribution in [0.4, 0.5) is 0 Å². The van der Waals surface area contributed by atoms with Gasteiger partial charge in [-0.25, -0.2) is 0 Å². The number of nitrogens with zero attached hydrogens (tertiary/aromatic N) is 4. The van der Waals surface area contributed by atoms with E-state index in [1.54, 1.807) is 0 Å². The number of aryl methyl sites for hydroxylation is 2. The van der Waals surface area contributed by atoms with Gasteiger partial charge in [0.25, 0.3) is 0 Å². The number of rotatable bonds is 3. The first kappa shape index (κ1) is 16.8. The first-order valence-corrected chi connectivity index (χ1v) is 8.37. The molecule has 1 aromatic rings. The smallest absolute Gasteiger partial charge is 0.193 e. The van der Waals surface area contributed by atoms with Crippen LogP contribution in [0.25, 0.3) is 0 Å². The SMILES string of the molecule is CN=C(NCCc1c(C)nn(C)c1C)N1CC(C)CC(C)C1. The van der Waals surface area contributed by atoms with Crippen molar-refractivity contribution in [2.45, 2.75) is 40.5 Å². The van der Waals surface area contributed by atoms with Gasteiger partial charge < -0.3 is 10.2 Å². The van der Waals surface area contributed by atoms with E-state index in [2.05, 4.69) is 48.0 Å². The van der Waals surface area contributed by atoms with Crippen molar-refractivity contribution in [1.29, 1.82) is 0 Å². The van der Waals surface area contributed by atoms with Crippen molar-refractivity contribution in [3.8, 4) is 0 Å². The van der Waals surface area contributed by atoms with Gasteiger partial charge in [0.05, 0.1) is 5.69 Å². The monoisotopic (exact) mass is 305 g/mol. The summed E-state index contributed by atoms with van der Waals surface area (Å²) in [4.78, 5) is 6.88. The lowest BCUT2D eigenvalue weighted by molar-refractivity contribution is 0.208. The van der Waals surface area contributed by atoms with Crippen LogP contribution in [-0.2, 0) is 13.5 Å². The third-order valence-corrected chi connectivity index (χ3v) is 4.70. The summed E-state index contributed by atoms with van der Waals surface area (Å²) < 4.78 is 1.97. The van der Waals surface area contributed by atoms with Gasteiger partial charge in [-0.05, 0) is 44.1 Å². The minimum absolute atomic E-state index is 0.741. The van der Waals surface area contributed by atoms with E-state index in [-0.39, 0.29) is 0 Å². The largest absolute Gasteiger partial charge is 0.356 e. The van der Waals surface area contributed by atoms with E-state index in [0.29, 0.717) is 0 Å². The number of hydrogen-bond acceptors (Lipinski definition) is 2. The van der Waals surface area contributed by atoms with Gasteiger partial charge in [-0.3, -0.25) is 9.67 Å². The fraction of sp³-hybridized carbons (Fsp3) is 0.765. The van der Waals surface area contributed by atoms with Gasteiger partial charge >= 0.3 is 0 Å². The Balaban J connectivity index is 1.92. The summed E-state index contributed by atoms with van der Waals surface area (Å²) in [6.07, 6.45) is 2.31. The van der Waals surface area contributed by atoms with Crippen LogP contribution < -0.4 is 5.32 Å². The van der Waals surface area contributed by atoms with Crippen LogP contribution in [0.15, 0.2) is 4.99 Å². The molecule has 0 aromatic carbocycles. The van der Waals surface area contributed by atoms with Crippen LogP contribution in [0.1, 0.15) is 37.2 Å². The van der Waals surface area contributed by atoms with Crippen molar-refractivity contribution in [2.75, 3.05) is 26.7 Å². The zero-order chi connectivity index (χ0) is 16.3. The van der Waals surface area contributed by atoms with Crippen molar-refractivity contribution < 1.29 is 0 Å². The highest BCUT2D eigenvalue weighted by Gasteiger charge is 2.23. The van der Waals surface area contributed by atoms with E-state index >= 15 is 0 Å². The molecular weight excluding hydrogens is 274 g/mol. The molecule has 124 valence electrons. The van der Waals surface area contributed by atoms with Crippen molar-refractivity contribution in [2.24, 2.45) is 23.9 Å². The normalized spacial score (nSPS) is 23.0. The average molecular weight is 305 g/mol. The van der Waals surface area contributed by atoms with Crippen LogP contribution in [0.2, 0.25) is 0 Å². The second-order valence-corrected chi connectivity index (χ2v) is 6.85. The van der Waals surface area contributed by atoms with Crippen molar-refractivity contribution in [1.82, 2.24) is 20.0 Å². The van der Waals surface area contributed by atoms with Crippen LogP contribution in [0.3, 0.4) is 0 Å². The number of hydrogen-bond donors (Lipinski definition) is 1. The Morgan fingerprint density at radius 1 is 1.27 bits per heavy atom. The van der Waals surface area contributed by atoms with E-state index < -0.39 is 0 Å². The molecule has 0 bridgehead atoms. The average Bonchev–Trinajstić information content (AvgIpc) is 2.68. The molecule has 22 heavy (non-hydrogen) atoms. The highest BCUT2D eigenvalue weighted by Crippen LogP contribution is 2.20. The minimum atomic E-state index is 0.741. The highest BCUT2D eigenvalue weighted by molar-refractivity contribution is 5.80. The number of piperidine rings is 1. The fourth-order valence-electron chi connectivity index (χ4n) is 3.65. The maximum Gasteiger partial charge on any atom is 0.193 e. The predicted molar refractivity (Wildman–Crippen MR) is 92.3 cm³/mol. The van der Waals surface area contributed by atoms with Gasteiger partial charge in [0.1, 0.15) is 0 Å². The molecule has 2 heterocycles. The van der Waals surface area contributed by atoms with E-state index in [9.17, 15) is 0 Å². The van der Waals surface area contributed by atoms with Gasteiger partial charge in [0, 0.05) is 39.4 Å². The molecule has 2 unspecified atom stereocenters. The summed E-state index contributed by atoms with van der Waals surface area (Å²) in [5.74, 6) is 2.52. The van der Waals surface area contributed by atoms with Gasteiger partial charge in [-0.2, -0.15) is 5.10 Å². The lowest BCUT2D eigenvalue weighted by Crippen LogP contribution is -2.48. The fourth-order valence-corrected chi connectivity index (χ4v) is 3.65. The number of likely N-dealkylation sites (tertiary alicyclic amines) is 1. The molecule has 1 aliphatic rings. The zero-order valence-electron chi connectivity index (χ0n) is 15.0. The quantitative estimate of drug-likeness (QED) is 0.687. The summed E-state index contributed by atoms with van der Waals surface area (Å²) in [5.41, 5.74) is 3.75. The van der Waals surface area contributed by atoms with Crippen LogP contribution in [-0.4, -0.2) is 47.3 Å². The summed E-state index contributed by atoms with van der Waals surface area (Å²) in [5, 5.41) is 8.02. The molecule has 1 N–H and O–H groups in total. The molecule has 5 heteroatoms. The van der Waals surface area contributed by atoms with E-state index in [1.165, 1.54) is 17.7 Å². The maximum atomic E-state index is 4.49. The van der Waals surface area contributed by atoms with E-state index in [0.717, 1.165) is 49.5 Å². The number of nitrogens with one attached hydrogen (secondary N) is 1. The standard InChI is InChI=1S/C17H31N5/c1-12-9-13(2)11-22(10-12)17(18-5)19-8-7-16-14(3)20-21(6)15(16)4/h12-13H,7-11H2,1-6H3,(H,18,19). The summed E-state index contributed by atoms with van der Waals surface area (Å²) in [6.45, 7) is 12.0. The summed E-state index contributed by atoms with van der Waals surface area (Å²) in [7, 11) is 3.89. The zero-order valence-corrected chi connectivity index (χ0v) is 15.0. The Morgan fingerprint density at radius 3 is 2.41 bits per heavy atom. The van der Waals surface area contributed by atoms with Crippen LogP contribution >= 0.6 is 0 Å². The van der Waals surface area contributed by atoms with Crippen molar-refractivity contribution in [3.63, 3.8) is 0 Å². The Kier molecular flexibility index (Phi) is 5.48. The maximum absolute atomic E-state index is 4.49. The Morgan fingerprint density at radius 2 is 1.91 bits per heavy atom. The molecule has 2 atom stereocenters. The van der Waals surface area contributed by atoms with Gasteiger partial charge in [-0.15, -0.1) is 0 Å². The second-order valence-electron chi connectivity index (χ2n) is 6.85. The Hall–Kier alpha value is -1.52. The van der Waals surface area contributed by atoms with Crippen molar-refractivity contribution in [3.05, 3.63) is 17.0 Å². The van der Waals surface area contributed by atoms with Crippen LogP contribution in [0, 0.1) is 25.7 Å².